The fourth-order valence-electron chi connectivity index (χ4n) is 3.52. The number of hydrogen-bond donors (Lipinski definition) is 0. The molecule has 0 bridgehead atoms. The highest BCUT2D eigenvalue weighted by atomic mass is 16.5. The molecule has 0 aromatic rings. The first kappa shape index (κ1) is 34.7. The molecule has 0 aliphatic carbocycles. The summed E-state index contributed by atoms with van der Waals surface area (Å²) in [5.74, 6) is 0.635. The Morgan fingerprint density at radius 1 is 0.968 bits per heavy atom. The van der Waals surface area contributed by atoms with Gasteiger partial charge in [-0.25, -0.2) is 0 Å². The van der Waals surface area contributed by atoms with Crippen LogP contribution in [0.2, 0.25) is 0 Å². The van der Waals surface area contributed by atoms with Crippen LogP contribution in [0.15, 0.2) is 0 Å². The Morgan fingerprint density at radius 3 is 1.87 bits per heavy atom. The normalized spacial score (nSPS) is 12.0. The van der Waals surface area contributed by atoms with Crippen molar-refractivity contribution in [2.24, 2.45) is 22.2 Å². The topological polar surface area (TPSA) is 46.6 Å². The maximum atomic E-state index is 12.0. The van der Waals surface area contributed by atoms with Gasteiger partial charge in [0.2, 0.25) is 0 Å². The number of carbonyl (C=O) groups is 2. The summed E-state index contributed by atoms with van der Waals surface area (Å²) >= 11 is 0. The molecule has 4 nitrogen and oxygen atoms in total. The summed E-state index contributed by atoms with van der Waals surface area (Å²) < 4.78 is 5.47. The Balaban J connectivity index is -0.00000143. The number of aldehydes is 1. The van der Waals surface area contributed by atoms with E-state index in [2.05, 4.69) is 74.3 Å². The third-order valence-electron chi connectivity index (χ3n) is 5.67. The van der Waals surface area contributed by atoms with Gasteiger partial charge in [-0.15, -0.1) is 0 Å². The Morgan fingerprint density at radius 2 is 1.45 bits per heavy atom. The van der Waals surface area contributed by atoms with Gasteiger partial charge in [-0.1, -0.05) is 76.2 Å². The summed E-state index contributed by atoms with van der Waals surface area (Å²) in [5.41, 5.74) is 0.901. The van der Waals surface area contributed by atoms with Crippen molar-refractivity contribution in [1.29, 1.82) is 0 Å². The first-order valence-electron chi connectivity index (χ1n) is 12.3. The SMILES string of the molecule is CC.CC(C)C(C)(C)CCCN(C)CCC(=O)OCCC(C)(C)CC(C)(C)C.CC=O. The van der Waals surface area contributed by atoms with Crippen molar-refractivity contribution in [3.63, 3.8) is 0 Å². The van der Waals surface area contributed by atoms with Gasteiger partial charge >= 0.3 is 5.97 Å². The predicted molar refractivity (Wildman–Crippen MR) is 136 cm³/mol. The van der Waals surface area contributed by atoms with Gasteiger partial charge in [-0.3, -0.25) is 4.79 Å². The van der Waals surface area contributed by atoms with Gasteiger partial charge in [-0.05, 0) is 68.4 Å². The van der Waals surface area contributed by atoms with Crippen molar-refractivity contribution >= 4 is 12.3 Å². The molecule has 31 heavy (non-hydrogen) atoms. The third kappa shape index (κ3) is 23.6. The Kier molecular flexibility index (Phi) is 19.7. The maximum absolute atomic E-state index is 12.0. The fourth-order valence-corrected chi connectivity index (χ4v) is 3.52. The standard InChI is InChI=1S/C23H47NO2.C2H4O.C2H6/c1-19(2)23(8,9)13-11-15-24(10)16-12-20(25)26-17-14-22(6,7)18-21(3,4)5;1-2-3;1-2/h19H,11-18H2,1-10H3;2H,1H3;1-2H3. The summed E-state index contributed by atoms with van der Waals surface area (Å²) in [6.07, 6.45) is 5.70. The molecular weight excluding hydrogens is 386 g/mol. The molecule has 0 saturated heterocycles. The second-order valence-electron chi connectivity index (χ2n) is 11.4. The van der Waals surface area contributed by atoms with Gasteiger partial charge in [0.05, 0.1) is 13.0 Å². The highest BCUT2D eigenvalue weighted by molar-refractivity contribution is 5.69. The van der Waals surface area contributed by atoms with Crippen LogP contribution < -0.4 is 0 Å². The highest BCUT2D eigenvalue weighted by Crippen LogP contribution is 2.35. The minimum absolute atomic E-state index is 0.0640. The summed E-state index contributed by atoms with van der Waals surface area (Å²) in [6.45, 7) is 28.4. The first-order chi connectivity index (χ1) is 14.1. The molecular formula is C27H57NO3. The van der Waals surface area contributed by atoms with Crippen LogP contribution in [-0.2, 0) is 14.3 Å². The molecule has 0 radical (unpaired) electrons. The average molecular weight is 444 g/mol. The molecule has 0 aliphatic heterocycles. The molecule has 0 spiro atoms. The number of carbonyl (C=O) groups excluding carboxylic acids is 2. The maximum Gasteiger partial charge on any atom is 0.307 e. The van der Waals surface area contributed by atoms with Gasteiger partial charge in [0.25, 0.3) is 0 Å². The molecule has 0 rings (SSSR count). The van der Waals surface area contributed by atoms with Gasteiger partial charge < -0.3 is 14.4 Å². The second-order valence-corrected chi connectivity index (χ2v) is 11.4. The lowest BCUT2D eigenvalue weighted by molar-refractivity contribution is -0.144. The fraction of sp³-hybridized carbons (Fsp3) is 0.926. The summed E-state index contributed by atoms with van der Waals surface area (Å²) in [4.78, 5) is 23.0. The van der Waals surface area contributed by atoms with Crippen LogP contribution in [0.1, 0.15) is 115 Å². The van der Waals surface area contributed by atoms with Crippen LogP contribution in [0.25, 0.3) is 0 Å². The van der Waals surface area contributed by atoms with Gasteiger partial charge in [0.15, 0.2) is 0 Å². The number of ether oxygens (including phenoxy) is 1. The Hall–Kier alpha value is -0.900. The molecule has 0 amide bonds. The van der Waals surface area contributed by atoms with Crippen LogP contribution in [0.5, 0.6) is 0 Å². The van der Waals surface area contributed by atoms with Crippen molar-refractivity contribution < 1.29 is 14.3 Å². The summed E-state index contributed by atoms with van der Waals surface area (Å²) in [6, 6.07) is 0. The van der Waals surface area contributed by atoms with E-state index < -0.39 is 0 Å². The van der Waals surface area contributed by atoms with E-state index in [4.69, 9.17) is 9.53 Å². The lowest BCUT2D eigenvalue weighted by Gasteiger charge is -2.32. The zero-order chi connectivity index (χ0) is 25.3. The van der Waals surface area contributed by atoms with E-state index in [1.54, 1.807) is 0 Å². The van der Waals surface area contributed by atoms with Gasteiger partial charge in [0, 0.05) is 6.54 Å². The van der Waals surface area contributed by atoms with E-state index in [-0.39, 0.29) is 11.4 Å². The van der Waals surface area contributed by atoms with Crippen molar-refractivity contribution in [1.82, 2.24) is 4.90 Å². The smallest absolute Gasteiger partial charge is 0.307 e. The molecule has 0 N–H and O–H groups in total. The van der Waals surface area contributed by atoms with Crippen molar-refractivity contribution in [2.45, 2.75) is 115 Å². The van der Waals surface area contributed by atoms with Crippen LogP contribution in [0.4, 0.5) is 0 Å². The predicted octanol–water partition coefficient (Wildman–Crippen LogP) is 7.40. The number of hydrogen-bond acceptors (Lipinski definition) is 4. The van der Waals surface area contributed by atoms with Gasteiger partial charge in [0.1, 0.15) is 6.29 Å². The van der Waals surface area contributed by atoms with E-state index >= 15 is 0 Å². The van der Waals surface area contributed by atoms with Crippen molar-refractivity contribution in [3.8, 4) is 0 Å². The average Bonchev–Trinajstić information content (AvgIpc) is 2.60. The van der Waals surface area contributed by atoms with E-state index in [0.29, 0.717) is 29.8 Å². The minimum atomic E-state index is -0.0640. The highest BCUT2D eigenvalue weighted by Gasteiger charge is 2.25. The van der Waals surface area contributed by atoms with E-state index in [1.807, 2.05) is 13.8 Å². The first-order valence-corrected chi connectivity index (χ1v) is 12.3. The number of esters is 1. The molecule has 0 atom stereocenters. The lowest BCUT2D eigenvalue weighted by atomic mass is 9.75. The van der Waals surface area contributed by atoms with Crippen LogP contribution >= 0.6 is 0 Å². The Bertz CT molecular complexity index is 448. The van der Waals surface area contributed by atoms with Crippen LogP contribution in [-0.4, -0.2) is 43.9 Å². The van der Waals surface area contributed by atoms with Crippen molar-refractivity contribution in [2.75, 3.05) is 26.7 Å². The minimum Gasteiger partial charge on any atom is -0.466 e. The summed E-state index contributed by atoms with van der Waals surface area (Å²) in [5, 5.41) is 0. The molecule has 0 aromatic heterocycles. The van der Waals surface area contributed by atoms with Gasteiger partial charge in [-0.2, -0.15) is 0 Å². The molecule has 0 fully saturated rings. The zero-order valence-electron chi connectivity index (χ0n) is 23.5. The summed E-state index contributed by atoms with van der Waals surface area (Å²) in [7, 11) is 2.10. The van der Waals surface area contributed by atoms with Crippen LogP contribution in [0.3, 0.4) is 0 Å². The quantitative estimate of drug-likeness (QED) is 0.233. The molecule has 188 valence electrons. The second kappa shape index (κ2) is 17.6. The molecule has 0 unspecified atom stereocenters. The lowest BCUT2D eigenvalue weighted by Crippen LogP contribution is -2.27. The monoisotopic (exact) mass is 443 g/mol. The molecule has 4 heteroatoms. The van der Waals surface area contributed by atoms with Crippen molar-refractivity contribution in [3.05, 3.63) is 0 Å². The Labute approximate surface area is 195 Å². The third-order valence-corrected chi connectivity index (χ3v) is 5.67. The number of rotatable bonds is 12. The van der Waals surface area contributed by atoms with E-state index in [9.17, 15) is 4.79 Å². The largest absolute Gasteiger partial charge is 0.466 e. The molecule has 0 aliphatic rings. The molecule has 0 heterocycles. The molecule has 0 aromatic carbocycles. The van der Waals surface area contributed by atoms with Crippen LogP contribution in [0, 0.1) is 22.2 Å². The zero-order valence-corrected chi connectivity index (χ0v) is 23.5. The number of nitrogens with zero attached hydrogens (tertiary/aromatic N) is 1. The van der Waals surface area contributed by atoms with E-state index in [0.717, 1.165) is 32.2 Å². The molecule has 0 saturated carbocycles. The van der Waals surface area contributed by atoms with E-state index in [1.165, 1.54) is 19.8 Å².